The molecule has 0 radical (unpaired) electrons. The third-order valence-electron chi connectivity index (χ3n) is 4.43. The first kappa shape index (κ1) is 21.4. The number of pyridine rings is 1. The van der Waals surface area contributed by atoms with Crippen molar-refractivity contribution in [2.75, 3.05) is 13.2 Å². The minimum Gasteiger partial charge on any atom is -0.472 e. The Bertz CT molecular complexity index is 1140. The van der Waals surface area contributed by atoms with Crippen molar-refractivity contribution in [3.05, 3.63) is 48.4 Å². The lowest BCUT2D eigenvalue weighted by Gasteiger charge is -2.14. The number of alkyl halides is 3. The first-order valence-electron chi connectivity index (χ1n) is 9.32. The number of aromatic nitrogens is 6. The highest BCUT2D eigenvalue weighted by Gasteiger charge is 2.34. The Kier molecular flexibility index (Phi) is 5.81. The highest BCUT2D eigenvalue weighted by molar-refractivity contribution is 6.22. The quantitative estimate of drug-likeness (QED) is 0.566. The van der Waals surface area contributed by atoms with Gasteiger partial charge in [0.15, 0.2) is 5.82 Å². The van der Waals surface area contributed by atoms with Crippen molar-refractivity contribution in [3.63, 3.8) is 0 Å². The van der Waals surface area contributed by atoms with Crippen LogP contribution in [0.15, 0.2) is 37.2 Å². The fourth-order valence-electron chi connectivity index (χ4n) is 2.94. The Balaban J connectivity index is 1.68. The summed E-state index contributed by atoms with van der Waals surface area (Å²) < 4.78 is 52.0. The van der Waals surface area contributed by atoms with Gasteiger partial charge in [-0.2, -0.15) is 13.2 Å². The summed E-state index contributed by atoms with van der Waals surface area (Å²) in [5.74, 6) is -1.01. The number of nitrogens with two attached hydrogens (primary N) is 1. The molecule has 13 heteroatoms. The SMILES string of the molecule is NC(=O)/C(=C/n1cnc(-c2cc(OC3CCOC3)nc(C(F)(F)F)c2)n1)c1cncnc1. The Morgan fingerprint density at radius 3 is 2.72 bits per heavy atom. The summed E-state index contributed by atoms with van der Waals surface area (Å²) in [5, 5.41) is 4.13. The van der Waals surface area contributed by atoms with Crippen LogP contribution in [0, 0.1) is 0 Å². The van der Waals surface area contributed by atoms with E-state index in [1.54, 1.807) is 0 Å². The number of ether oxygens (including phenoxy) is 2. The third-order valence-corrected chi connectivity index (χ3v) is 4.43. The van der Waals surface area contributed by atoms with Gasteiger partial charge in [0.2, 0.25) is 5.88 Å². The van der Waals surface area contributed by atoms with Crippen molar-refractivity contribution in [1.29, 1.82) is 0 Å². The zero-order valence-electron chi connectivity index (χ0n) is 16.4. The smallest absolute Gasteiger partial charge is 0.433 e. The van der Waals surface area contributed by atoms with Crippen molar-refractivity contribution < 1.29 is 27.4 Å². The molecule has 0 spiro atoms. The van der Waals surface area contributed by atoms with E-state index in [1.807, 2.05) is 0 Å². The van der Waals surface area contributed by atoms with Crippen LogP contribution in [-0.4, -0.2) is 54.9 Å². The fraction of sp³-hybridized carbons (Fsp3) is 0.263. The molecule has 1 unspecified atom stereocenters. The molecule has 4 rings (SSSR count). The number of rotatable bonds is 6. The van der Waals surface area contributed by atoms with Crippen molar-refractivity contribution >= 4 is 17.7 Å². The van der Waals surface area contributed by atoms with Crippen molar-refractivity contribution in [2.24, 2.45) is 5.73 Å². The van der Waals surface area contributed by atoms with E-state index in [4.69, 9.17) is 15.2 Å². The second-order valence-electron chi connectivity index (χ2n) is 6.76. The van der Waals surface area contributed by atoms with E-state index in [0.29, 0.717) is 18.6 Å². The maximum Gasteiger partial charge on any atom is 0.433 e. The molecule has 1 amide bonds. The topological polar surface area (TPSA) is 131 Å². The predicted octanol–water partition coefficient (Wildman–Crippen LogP) is 1.80. The molecule has 0 saturated carbocycles. The maximum absolute atomic E-state index is 13.4. The summed E-state index contributed by atoms with van der Waals surface area (Å²) in [6.45, 7) is 0.730. The number of halogens is 3. The van der Waals surface area contributed by atoms with Gasteiger partial charge >= 0.3 is 6.18 Å². The molecule has 1 aliphatic rings. The molecule has 0 aliphatic carbocycles. The lowest BCUT2D eigenvalue weighted by atomic mass is 10.1. The van der Waals surface area contributed by atoms with Crippen molar-refractivity contribution in [3.8, 4) is 17.3 Å². The van der Waals surface area contributed by atoms with Gasteiger partial charge < -0.3 is 15.2 Å². The van der Waals surface area contributed by atoms with Crippen LogP contribution in [0.1, 0.15) is 17.7 Å². The molecule has 1 saturated heterocycles. The first-order valence-corrected chi connectivity index (χ1v) is 9.32. The van der Waals surface area contributed by atoms with Gasteiger partial charge in [-0.1, -0.05) is 0 Å². The average Bonchev–Trinajstić information content (AvgIpc) is 3.44. The van der Waals surface area contributed by atoms with E-state index >= 15 is 0 Å². The number of nitrogens with zero attached hydrogens (tertiary/aromatic N) is 6. The summed E-state index contributed by atoms with van der Waals surface area (Å²) in [5.41, 5.74) is 4.69. The molecule has 1 atom stereocenters. The highest BCUT2D eigenvalue weighted by atomic mass is 19.4. The van der Waals surface area contributed by atoms with Crippen LogP contribution in [0.25, 0.3) is 23.2 Å². The Hall–Kier alpha value is -3.87. The second-order valence-corrected chi connectivity index (χ2v) is 6.76. The average molecular weight is 447 g/mol. The molecule has 10 nitrogen and oxygen atoms in total. The summed E-state index contributed by atoms with van der Waals surface area (Å²) in [7, 11) is 0. The third kappa shape index (κ3) is 4.88. The molecule has 4 heterocycles. The Morgan fingerprint density at radius 1 is 1.28 bits per heavy atom. The normalized spacial score (nSPS) is 16.8. The molecule has 32 heavy (non-hydrogen) atoms. The molecule has 0 bridgehead atoms. The molecule has 1 aliphatic heterocycles. The van der Waals surface area contributed by atoms with E-state index in [9.17, 15) is 18.0 Å². The first-order chi connectivity index (χ1) is 15.3. The number of hydrogen-bond acceptors (Lipinski definition) is 8. The van der Waals surface area contributed by atoms with Gasteiger partial charge in [0.25, 0.3) is 5.91 Å². The lowest BCUT2D eigenvalue weighted by molar-refractivity contribution is -0.141. The zero-order chi connectivity index (χ0) is 22.7. The van der Waals surface area contributed by atoms with Gasteiger partial charge in [-0.3, -0.25) is 4.79 Å². The van der Waals surface area contributed by atoms with Crippen LogP contribution in [0.3, 0.4) is 0 Å². The summed E-state index contributed by atoms with van der Waals surface area (Å²) in [6, 6.07) is 2.14. The molecular formula is C19H16F3N7O3. The molecule has 3 aromatic heterocycles. The van der Waals surface area contributed by atoms with Crippen LogP contribution < -0.4 is 10.5 Å². The molecule has 2 N–H and O–H groups in total. The fourth-order valence-corrected chi connectivity index (χ4v) is 2.94. The molecule has 166 valence electrons. The number of hydrogen-bond donors (Lipinski definition) is 1. The van der Waals surface area contributed by atoms with E-state index < -0.39 is 23.9 Å². The number of carbonyl (C=O) groups excluding carboxylic acids is 1. The van der Waals surface area contributed by atoms with Crippen LogP contribution in [0.2, 0.25) is 0 Å². The molecule has 1 fully saturated rings. The summed E-state index contributed by atoms with van der Waals surface area (Å²) in [6.07, 6.45) is 2.01. The summed E-state index contributed by atoms with van der Waals surface area (Å²) in [4.78, 5) is 27.1. The van der Waals surface area contributed by atoms with Gasteiger partial charge in [0.1, 0.15) is 24.5 Å². The van der Waals surface area contributed by atoms with Gasteiger partial charge in [-0.05, 0) is 6.07 Å². The monoisotopic (exact) mass is 447 g/mol. The minimum atomic E-state index is -4.70. The highest BCUT2D eigenvalue weighted by Crippen LogP contribution is 2.33. The Morgan fingerprint density at radius 2 is 2.06 bits per heavy atom. The van der Waals surface area contributed by atoms with Crippen molar-refractivity contribution in [1.82, 2.24) is 29.7 Å². The van der Waals surface area contributed by atoms with Crippen LogP contribution in [0.5, 0.6) is 5.88 Å². The number of amides is 1. The number of primary amides is 1. The van der Waals surface area contributed by atoms with Crippen molar-refractivity contribution in [2.45, 2.75) is 18.7 Å². The largest absolute Gasteiger partial charge is 0.472 e. The maximum atomic E-state index is 13.4. The van der Waals surface area contributed by atoms with E-state index in [1.165, 1.54) is 37.3 Å². The van der Waals surface area contributed by atoms with Crippen LogP contribution >= 0.6 is 0 Å². The van der Waals surface area contributed by atoms with E-state index in [0.717, 1.165) is 10.7 Å². The zero-order valence-corrected chi connectivity index (χ0v) is 16.4. The van der Waals surface area contributed by atoms with Crippen LogP contribution in [-0.2, 0) is 15.7 Å². The lowest BCUT2D eigenvalue weighted by Crippen LogP contribution is -2.18. The van der Waals surface area contributed by atoms with Crippen LogP contribution in [0.4, 0.5) is 13.2 Å². The molecule has 3 aromatic rings. The van der Waals surface area contributed by atoms with Gasteiger partial charge in [-0.25, -0.2) is 24.6 Å². The summed E-state index contributed by atoms with van der Waals surface area (Å²) >= 11 is 0. The Labute approximate surface area is 178 Å². The number of carbonyl (C=O) groups is 1. The van der Waals surface area contributed by atoms with Gasteiger partial charge in [0.05, 0.1) is 18.8 Å². The molecule has 0 aromatic carbocycles. The van der Waals surface area contributed by atoms with Gasteiger partial charge in [-0.15, -0.1) is 5.10 Å². The van der Waals surface area contributed by atoms with E-state index in [-0.39, 0.29) is 29.4 Å². The van der Waals surface area contributed by atoms with E-state index in [2.05, 4.69) is 25.0 Å². The minimum absolute atomic E-state index is 0.0326. The molecular weight excluding hydrogens is 431 g/mol. The van der Waals surface area contributed by atoms with Gasteiger partial charge in [0, 0.05) is 42.2 Å². The predicted molar refractivity (Wildman–Crippen MR) is 104 cm³/mol. The second kappa shape index (κ2) is 8.70. The standard InChI is InChI=1S/C19H16F3N7O3/c20-19(21,22)15-3-11(4-16(27-15)32-13-1-2-31-8-13)18-26-10-29(28-18)7-14(17(23)30)12-5-24-9-25-6-12/h3-7,9-10,13H,1-2,8H2,(H2,23,30)/b14-7+.